The average molecular weight is 433 g/mol. The topological polar surface area (TPSA) is 89.9 Å². The van der Waals surface area contributed by atoms with Crippen molar-refractivity contribution in [2.45, 2.75) is 79.9 Å². The first-order valence-corrected chi connectivity index (χ1v) is 11.0. The summed E-state index contributed by atoms with van der Waals surface area (Å²) >= 11 is 0. The zero-order valence-electron chi connectivity index (χ0n) is 19.8. The van der Waals surface area contributed by atoms with Crippen LogP contribution in [0.1, 0.15) is 67.7 Å². The fraction of sp³-hybridized carbons (Fsp3) is 0.640. The van der Waals surface area contributed by atoms with Crippen molar-refractivity contribution in [3.8, 4) is 0 Å². The van der Waals surface area contributed by atoms with Crippen LogP contribution in [0.25, 0.3) is 0 Å². The van der Waals surface area contributed by atoms with E-state index in [1.54, 1.807) is 26.8 Å². The molecule has 0 aromatic rings. The van der Waals surface area contributed by atoms with Crippen molar-refractivity contribution in [3.05, 3.63) is 34.4 Å². The van der Waals surface area contributed by atoms with Crippen LogP contribution in [-0.4, -0.2) is 41.6 Å². The minimum atomic E-state index is -1.000. The Hall–Kier alpha value is -2.21. The van der Waals surface area contributed by atoms with E-state index < -0.39 is 18.0 Å². The second kappa shape index (κ2) is 9.94. The first kappa shape index (κ1) is 25.1. The van der Waals surface area contributed by atoms with Crippen LogP contribution in [0.5, 0.6) is 0 Å². The van der Waals surface area contributed by atoms with E-state index in [0.29, 0.717) is 36.0 Å². The fourth-order valence-corrected chi connectivity index (χ4v) is 4.75. The molecule has 0 bridgehead atoms. The Balaban J connectivity index is 2.07. The van der Waals surface area contributed by atoms with Gasteiger partial charge in [0.25, 0.3) is 0 Å². The smallest absolute Gasteiger partial charge is 0.333 e. The van der Waals surface area contributed by atoms with Gasteiger partial charge in [-0.2, -0.15) is 0 Å². The zero-order valence-corrected chi connectivity index (χ0v) is 19.8. The molecule has 2 fully saturated rings. The Morgan fingerprint density at radius 1 is 1.19 bits per heavy atom. The Morgan fingerprint density at radius 2 is 1.84 bits per heavy atom. The predicted octanol–water partition coefficient (Wildman–Crippen LogP) is 4.08. The van der Waals surface area contributed by atoms with Crippen LogP contribution in [0.2, 0.25) is 0 Å². The Morgan fingerprint density at radius 3 is 2.42 bits per heavy atom. The third-order valence-electron chi connectivity index (χ3n) is 7.13. The molecule has 0 aromatic carbocycles. The molecule has 31 heavy (non-hydrogen) atoms. The van der Waals surface area contributed by atoms with Crippen LogP contribution in [-0.2, 0) is 23.9 Å². The van der Waals surface area contributed by atoms with E-state index >= 15 is 0 Å². The number of carbonyl (C=O) groups is 3. The third-order valence-corrected chi connectivity index (χ3v) is 7.13. The Labute approximate surface area is 185 Å². The summed E-state index contributed by atoms with van der Waals surface area (Å²) in [6.07, 6.45) is 3.55. The maximum Gasteiger partial charge on any atom is 0.333 e. The van der Waals surface area contributed by atoms with Gasteiger partial charge in [0.1, 0.15) is 18.8 Å². The lowest BCUT2D eigenvalue weighted by Gasteiger charge is -2.53. The van der Waals surface area contributed by atoms with Gasteiger partial charge >= 0.3 is 11.9 Å². The largest absolute Gasteiger partial charge is 0.459 e. The number of hydrogen-bond acceptors (Lipinski definition) is 6. The normalized spacial score (nSPS) is 31.7. The van der Waals surface area contributed by atoms with Gasteiger partial charge in [-0.25, -0.2) is 9.59 Å². The summed E-state index contributed by atoms with van der Waals surface area (Å²) in [5.41, 5.74) is 2.40. The number of fused-ring (bicyclic) bond motifs is 1. The van der Waals surface area contributed by atoms with E-state index in [1.807, 2.05) is 20.8 Å². The van der Waals surface area contributed by atoms with Crippen molar-refractivity contribution in [1.82, 2.24) is 0 Å². The number of carbonyl (C=O) groups excluding carboxylic acids is 3. The van der Waals surface area contributed by atoms with Crippen LogP contribution in [0.4, 0.5) is 0 Å². The van der Waals surface area contributed by atoms with Crippen molar-refractivity contribution in [1.29, 1.82) is 0 Å². The highest BCUT2D eigenvalue weighted by molar-refractivity contribution is 6.00. The average Bonchev–Trinajstić information content (AvgIpc) is 2.71. The van der Waals surface area contributed by atoms with Gasteiger partial charge in [-0.05, 0) is 82.3 Å². The number of rotatable bonds is 5. The summed E-state index contributed by atoms with van der Waals surface area (Å²) in [5.74, 6) is -1.20. The molecule has 2 aliphatic rings. The molecule has 0 saturated heterocycles. The van der Waals surface area contributed by atoms with Gasteiger partial charge in [0, 0.05) is 11.6 Å². The molecule has 0 amide bonds. The minimum Gasteiger partial charge on any atom is -0.459 e. The molecule has 2 saturated carbocycles. The maximum absolute atomic E-state index is 12.6. The molecular weight excluding hydrogens is 396 g/mol. The van der Waals surface area contributed by atoms with Gasteiger partial charge in [0.15, 0.2) is 5.78 Å². The van der Waals surface area contributed by atoms with E-state index in [9.17, 15) is 19.5 Å². The molecule has 0 radical (unpaired) electrons. The second-order valence-electron chi connectivity index (χ2n) is 9.46. The van der Waals surface area contributed by atoms with Crippen molar-refractivity contribution in [2.24, 2.45) is 17.3 Å². The maximum atomic E-state index is 12.6. The van der Waals surface area contributed by atoms with Gasteiger partial charge < -0.3 is 14.6 Å². The Kier molecular flexibility index (Phi) is 8.04. The van der Waals surface area contributed by atoms with E-state index in [2.05, 4.69) is 6.92 Å². The van der Waals surface area contributed by atoms with E-state index in [0.717, 1.165) is 5.57 Å². The van der Waals surface area contributed by atoms with E-state index in [-0.39, 0.29) is 35.7 Å². The molecular formula is C25H36O6. The minimum absolute atomic E-state index is 0.0174. The van der Waals surface area contributed by atoms with Crippen LogP contribution in [0.15, 0.2) is 34.4 Å². The van der Waals surface area contributed by atoms with Crippen LogP contribution >= 0.6 is 0 Å². The van der Waals surface area contributed by atoms with E-state index in [4.69, 9.17) is 9.47 Å². The first-order valence-electron chi connectivity index (χ1n) is 11.0. The van der Waals surface area contributed by atoms with Crippen LogP contribution < -0.4 is 0 Å². The monoisotopic (exact) mass is 432 g/mol. The second-order valence-corrected chi connectivity index (χ2v) is 9.46. The van der Waals surface area contributed by atoms with Crippen LogP contribution in [0.3, 0.4) is 0 Å². The number of esters is 2. The van der Waals surface area contributed by atoms with Crippen molar-refractivity contribution in [3.63, 3.8) is 0 Å². The van der Waals surface area contributed by atoms with Crippen LogP contribution in [0, 0.1) is 17.3 Å². The number of allylic oxidation sites excluding steroid dienone is 2. The predicted molar refractivity (Wildman–Crippen MR) is 118 cm³/mol. The fourth-order valence-electron chi connectivity index (χ4n) is 4.75. The molecule has 0 heterocycles. The summed E-state index contributed by atoms with van der Waals surface area (Å²) in [4.78, 5) is 36.8. The van der Waals surface area contributed by atoms with Crippen molar-refractivity contribution >= 4 is 17.7 Å². The molecule has 2 rings (SSSR count). The molecule has 172 valence electrons. The highest BCUT2D eigenvalue weighted by Gasteiger charge is 2.55. The van der Waals surface area contributed by atoms with E-state index in [1.165, 1.54) is 6.08 Å². The lowest BCUT2D eigenvalue weighted by atomic mass is 9.53. The number of ketones is 1. The molecule has 1 N–H and O–H groups in total. The molecule has 5 atom stereocenters. The molecule has 2 aliphatic carbocycles. The lowest BCUT2D eigenvalue weighted by Crippen LogP contribution is -2.55. The summed E-state index contributed by atoms with van der Waals surface area (Å²) < 4.78 is 10.9. The highest BCUT2D eigenvalue weighted by Crippen LogP contribution is 2.54. The summed E-state index contributed by atoms with van der Waals surface area (Å²) in [5, 5.41) is 10.7. The van der Waals surface area contributed by atoms with Crippen molar-refractivity contribution in [2.75, 3.05) is 6.61 Å². The number of hydrogen-bond donors (Lipinski definition) is 1. The lowest BCUT2D eigenvalue weighted by molar-refractivity contribution is -0.164. The van der Waals surface area contributed by atoms with Gasteiger partial charge in [0.05, 0.1) is 0 Å². The third kappa shape index (κ3) is 5.35. The quantitative estimate of drug-likeness (QED) is 0.520. The highest BCUT2D eigenvalue weighted by atomic mass is 16.5. The molecule has 6 nitrogen and oxygen atoms in total. The molecule has 0 aromatic heterocycles. The Bertz CT molecular complexity index is 829. The molecule has 0 aliphatic heterocycles. The molecule has 5 unspecified atom stereocenters. The summed E-state index contributed by atoms with van der Waals surface area (Å²) in [7, 11) is 0. The van der Waals surface area contributed by atoms with Gasteiger partial charge in [0.2, 0.25) is 0 Å². The summed E-state index contributed by atoms with van der Waals surface area (Å²) in [6, 6.07) is 0. The number of Topliss-reactive ketones (excluding diaryl/α,β-unsaturated/α-hetero) is 1. The number of aliphatic hydroxyl groups is 1. The zero-order chi connectivity index (χ0) is 23.5. The van der Waals surface area contributed by atoms with Gasteiger partial charge in [-0.15, -0.1) is 0 Å². The number of aliphatic hydroxyl groups excluding tert-OH is 1. The SMILES string of the molecule is CC=C(C)C(=O)OCC(C)=CC(=O)OC1CCC2C(O)C(=O)C(=C(C)C)CC2(C)C1C. The number of ether oxygens (including phenoxy) is 2. The summed E-state index contributed by atoms with van der Waals surface area (Å²) in [6.45, 7) is 13.1. The molecule has 0 spiro atoms. The van der Waals surface area contributed by atoms with Gasteiger partial charge in [-0.3, -0.25) is 4.79 Å². The van der Waals surface area contributed by atoms with Gasteiger partial charge in [-0.1, -0.05) is 25.5 Å². The standard InChI is InChI=1S/C25H36O6/c1-8-16(5)24(29)30-13-15(4)11-21(26)31-20-10-9-19-23(28)22(27)18(14(2)3)12-25(19,7)17(20)6/h8,11,17,19-20,23,28H,9-10,12-13H2,1-7H3. The first-order chi connectivity index (χ1) is 14.4. The van der Waals surface area contributed by atoms with Crippen molar-refractivity contribution < 1.29 is 29.0 Å². The molecule has 6 heteroatoms.